The number of rotatable bonds is 3. The van der Waals surface area contributed by atoms with Crippen LogP contribution >= 0.6 is 0 Å². The van der Waals surface area contributed by atoms with Crippen LogP contribution in [0.15, 0.2) is 12.5 Å². The largest absolute Gasteiger partial charge is 0.351 e. The second kappa shape index (κ2) is 3.04. The van der Waals surface area contributed by atoms with Crippen molar-refractivity contribution >= 4 is 9.84 Å². The lowest BCUT2D eigenvalue weighted by Crippen LogP contribution is -2.06. The number of nitrogens with zero attached hydrogens (tertiary/aromatic N) is 1. The van der Waals surface area contributed by atoms with Gasteiger partial charge in [-0.25, -0.2) is 13.4 Å². The topological polar surface area (TPSA) is 62.8 Å². The van der Waals surface area contributed by atoms with Crippen LogP contribution in [0.2, 0.25) is 0 Å². The molecule has 1 aromatic heterocycles. The molecular weight excluding hydrogens is 164 g/mol. The van der Waals surface area contributed by atoms with Crippen LogP contribution < -0.4 is 0 Å². The number of nitrogens with one attached hydrogen (secondary N) is 1. The molecule has 0 aliphatic heterocycles. The van der Waals surface area contributed by atoms with Crippen molar-refractivity contribution in [1.29, 1.82) is 0 Å². The SMILES string of the molecule is CCS(=O)(=O)Cc1c[nH]cn1. The third-order valence-corrected chi connectivity index (χ3v) is 2.98. The monoisotopic (exact) mass is 174 g/mol. The third-order valence-electron chi connectivity index (χ3n) is 1.36. The lowest BCUT2D eigenvalue weighted by molar-refractivity contribution is 0.596. The fourth-order valence-corrected chi connectivity index (χ4v) is 1.51. The summed E-state index contributed by atoms with van der Waals surface area (Å²) in [5, 5.41) is 0. The fourth-order valence-electron chi connectivity index (χ4n) is 0.697. The predicted octanol–water partition coefficient (Wildman–Crippen LogP) is 0.344. The second-order valence-corrected chi connectivity index (χ2v) is 4.59. The molecule has 11 heavy (non-hydrogen) atoms. The van der Waals surface area contributed by atoms with E-state index in [2.05, 4.69) is 9.97 Å². The van der Waals surface area contributed by atoms with Gasteiger partial charge in [0.1, 0.15) is 0 Å². The normalized spacial score (nSPS) is 11.7. The molecule has 0 radical (unpaired) electrons. The van der Waals surface area contributed by atoms with Gasteiger partial charge in [-0.15, -0.1) is 0 Å². The van der Waals surface area contributed by atoms with Gasteiger partial charge >= 0.3 is 0 Å². The van der Waals surface area contributed by atoms with Crippen molar-refractivity contribution in [2.45, 2.75) is 12.7 Å². The molecule has 0 amide bonds. The third kappa shape index (κ3) is 2.34. The van der Waals surface area contributed by atoms with Gasteiger partial charge < -0.3 is 4.98 Å². The van der Waals surface area contributed by atoms with Crippen molar-refractivity contribution < 1.29 is 8.42 Å². The number of imidazole rings is 1. The standard InChI is InChI=1S/C6H10N2O2S/c1-2-11(9,10)4-6-3-7-5-8-6/h3,5H,2,4H2,1H3,(H,7,8). The molecule has 0 spiro atoms. The lowest BCUT2D eigenvalue weighted by atomic mass is 10.6. The number of sulfone groups is 1. The Balaban J connectivity index is 2.72. The quantitative estimate of drug-likeness (QED) is 0.719. The first-order chi connectivity index (χ1) is 5.14. The Bertz CT molecular complexity index is 301. The summed E-state index contributed by atoms with van der Waals surface area (Å²) < 4.78 is 22.0. The van der Waals surface area contributed by atoms with Crippen molar-refractivity contribution in [3.05, 3.63) is 18.2 Å². The fraction of sp³-hybridized carbons (Fsp3) is 0.500. The molecule has 0 aliphatic rings. The molecule has 0 aliphatic carbocycles. The van der Waals surface area contributed by atoms with Crippen LogP contribution in [0.4, 0.5) is 0 Å². The maximum Gasteiger partial charge on any atom is 0.155 e. The summed E-state index contributed by atoms with van der Waals surface area (Å²) in [7, 11) is -2.92. The molecular formula is C6H10N2O2S. The number of aromatic nitrogens is 2. The van der Waals surface area contributed by atoms with Gasteiger partial charge in [0.05, 0.1) is 17.8 Å². The molecule has 0 atom stereocenters. The maximum atomic E-state index is 11.0. The van der Waals surface area contributed by atoms with Gasteiger partial charge in [0, 0.05) is 11.9 Å². The molecule has 1 aromatic rings. The Morgan fingerprint density at radius 1 is 1.64 bits per heavy atom. The van der Waals surface area contributed by atoms with Crippen molar-refractivity contribution in [3.63, 3.8) is 0 Å². The van der Waals surface area contributed by atoms with E-state index in [4.69, 9.17) is 0 Å². The van der Waals surface area contributed by atoms with E-state index in [1.54, 1.807) is 13.1 Å². The second-order valence-electron chi connectivity index (χ2n) is 2.24. The van der Waals surface area contributed by atoms with Crippen LogP contribution in [-0.4, -0.2) is 24.1 Å². The average molecular weight is 174 g/mol. The zero-order valence-electron chi connectivity index (χ0n) is 6.24. The summed E-state index contributed by atoms with van der Waals surface area (Å²) in [6.45, 7) is 1.63. The highest BCUT2D eigenvalue weighted by molar-refractivity contribution is 7.90. The first-order valence-corrected chi connectivity index (χ1v) is 5.14. The summed E-state index contributed by atoms with van der Waals surface area (Å²) in [6, 6.07) is 0. The van der Waals surface area contributed by atoms with Crippen LogP contribution in [0.25, 0.3) is 0 Å². The zero-order valence-corrected chi connectivity index (χ0v) is 7.06. The smallest absolute Gasteiger partial charge is 0.155 e. The van der Waals surface area contributed by atoms with Gasteiger partial charge in [0.25, 0.3) is 0 Å². The maximum absolute atomic E-state index is 11.0. The summed E-state index contributed by atoms with van der Waals surface area (Å²) in [5.74, 6) is 0.201. The summed E-state index contributed by atoms with van der Waals surface area (Å²) in [5.41, 5.74) is 0.576. The molecule has 1 rings (SSSR count). The minimum atomic E-state index is -2.92. The van der Waals surface area contributed by atoms with Crippen molar-refractivity contribution in [2.75, 3.05) is 5.75 Å². The minimum Gasteiger partial charge on any atom is -0.351 e. The summed E-state index contributed by atoms with van der Waals surface area (Å²) >= 11 is 0. The molecule has 1 N–H and O–H groups in total. The van der Waals surface area contributed by atoms with E-state index < -0.39 is 9.84 Å². The van der Waals surface area contributed by atoms with E-state index in [0.29, 0.717) is 5.69 Å². The Labute approximate surface area is 65.6 Å². The van der Waals surface area contributed by atoms with E-state index in [1.165, 1.54) is 6.33 Å². The number of aromatic amines is 1. The molecule has 0 bridgehead atoms. The van der Waals surface area contributed by atoms with Gasteiger partial charge in [-0.3, -0.25) is 0 Å². The van der Waals surface area contributed by atoms with Gasteiger partial charge in [0.2, 0.25) is 0 Å². The number of hydrogen-bond donors (Lipinski definition) is 1. The highest BCUT2D eigenvalue weighted by Crippen LogP contribution is 2.00. The Hall–Kier alpha value is -0.840. The molecule has 0 saturated heterocycles. The molecule has 1 heterocycles. The molecule has 5 heteroatoms. The van der Waals surface area contributed by atoms with E-state index in [0.717, 1.165) is 0 Å². The van der Waals surface area contributed by atoms with E-state index in [9.17, 15) is 8.42 Å². The molecule has 4 nitrogen and oxygen atoms in total. The van der Waals surface area contributed by atoms with Crippen LogP contribution in [0.1, 0.15) is 12.6 Å². The average Bonchev–Trinajstić information content (AvgIpc) is 2.39. The highest BCUT2D eigenvalue weighted by Gasteiger charge is 2.09. The lowest BCUT2D eigenvalue weighted by Gasteiger charge is -1.95. The Morgan fingerprint density at radius 2 is 2.36 bits per heavy atom. The van der Waals surface area contributed by atoms with Crippen molar-refractivity contribution in [1.82, 2.24) is 9.97 Å². The van der Waals surface area contributed by atoms with Gasteiger partial charge in [-0.1, -0.05) is 6.92 Å². The van der Waals surface area contributed by atoms with Crippen LogP contribution in [0, 0.1) is 0 Å². The van der Waals surface area contributed by atoms with Crippen molar-refractivity contribution in [2.24, 2.45) is 0 Å². The number of H-pyrrole nitrogens is 1. The number of hydrogen-bond acceptors (Lipinski definition) is 3. The predicted molar refractivity (Wildman–Crippen MR) is 41.8 cm³/mol. The Kier molecular flexibility index (Phi) is 2.28. The van der Waals surface area contributed by atoms with Gasteiger partial charge in [0.15, 0.2) is 9.84 Å². The molecule has 0 unspecified atom stereocenters. The van der Waals surface area contributed by atoms with E-state index >= 15 is 0 Å². The minimum absolute atomic E-state index is 0.0347. The Morgan fingerprint density at radius 3 is 2.82 bits per heavy atom. The van der Waals surface area contributed by atoms with Crippen LogP contribution in [-0.2, 0) is 15.6 Å². The van der Waals surface area contributed by atoms with Gasteiger partial charge in [-0.2, -0.15) is 0 Å². The molecule has 0 aromatic carbocycles. The first kappa shape index (κ1) is 8.26. The van der Waals surface area contributed by atoms with Crippen molar-refractivity contribution in [3.8, 4) is 0 Å². The molecule has 0 saturated carbocycles. The first-order valence-electron chi connectivity index (χ1n) is 3.32. The highest BCUT2D eigenvalue weighted by atomic mass is 32.2. The van der Waals surface area contributed by atoms with Gasteiger partial charge in [-0.05, 0) is 0 Å². The molecule has 62 valence electrons. The van der Waals surface area contributed by atoms with E-state index in [-0.39, 0.29) is 11.5 Å². The summed E-state index contributed by atoms with van der Waals surface area (Å²) in [6.07, 6.45) is 3.06. The van der Waals surface area contributed by atoms with E-state index in [1.807, 2.05) is 0 Å². The van der Waals surface area contributed by atoms with Crippen LogP contribution in [0.3, 0.4) is 0 Å². The zero-order chi connectivity index (χ0) is 8.32. The molecule has 0 fully saturated rings. The summed E-state index contributed by atoms with van der Waals surface area (Å²) in [4.78, 5) is 6.52. The van der Waals surface area contributed by atoms with Crippen LogP contribution in [0.5, 0.6) is 0 Å².